The van der Waals surface area contributed by atoms with E-state index < -0.39 is 22.0 Å². The van der Waals surface area contributed by atoms with E-state index in [0.29, 0.717) is 18.7 Å². The number of rotatable bonds is 5. The molecule has 1 fully saturated rings. The van der Waals surface area contributed by atoms with Crippen LogP contribution < -0.4 is 10.2 Å². The fourth-order valence-corrected chi connectivity index (χ4v) is 5.47. The highest BCUT2D eigenvalue weighted by Crippen LogP contribution is 2.36. The van der Waals surface area contributed by atoms with Crippen molar-refractivity contribution in [2.75, 3.05) is 18.0 Å². The molecule has 0 spiro atoms. The van der Waals surface area contributed by atoms with Gasteiger partial charge in [-0.15, -0.1) is 0 Å². The van der Waals surface area contributed by atoms with Gasteiger partial charge in [0, 0.05) is 25.3 Å². The van der Waals surface area contributed by atoms with Gasteiger partial charge in [-0.3, -0.25) is 4.79 Å². The fourth-order valence-electron chi connectivity index (χ4n) is 3.57. The van der Waals surface area contributed by atoms with Crippen LogP contribution in [-0.2, 0) is 14.8 Å². The van der Waals surface area contributed by atoms with E-state index in [1.165, 1.54) is 0 Å². The van der Waals surface area contributed by atoms with Crippen LogP contribution >= 0.6 is 0 Å². The third-order valence-corrected chi connectivity index (χ3v) is 6.93. The molecule has 2 aromatic rings. The Balaban J connectivity index is 1.64. The first-order valence-electron chi connectivity index (χ1n) is 9.20. The molecule has 0 aliphatic carbocycles. The summed E-state index contributed by atoms with van der Waals surface area (Å²) >= 11 is 0. The minimum absolute atomic E-state index is 0.0259. The fraction of sp³-hybridized carbons (Fsp3) is 0.300. The van der Waals surface area contributed by atoms with Crippen molar-refractivity contribution in [1.82, 2.24) is 14.6 Å². The van der Waals surface area contributed by atoms with Gasteiger partial charge in [0.05, 0.1) is 6.04 Å². The predicted molar refractivity (Wildman–Crippen MR) is 108 cm³/mol. The van der Waals surface area contributed by atoms with E-state index in [1.807, 2.05) is 24.3 Å². The van der Waals surface area contributed by atoms with Crippen LogP contribution in [0.3, 0.4) is 0 Å². The van der Waals surface area contributed by atoms with Gasteiger partial charge in [0.2, 0.25) is 0 Å². The number of carbonyl (C=O) groups is 1. The van der Waals surface area contributed by atoms with E-state index in [2.05, 4.69) is 15.2 Å². The lowest BCUT2D eigenvalue weighted by Crippen LogP contribution is -2.58. The maximum atomic E-state index is 13.1. The van der Waals surface area contributed by atoms with Crippen molar-refractivity contribution in [3.8, 4) is 0 Å². The van der Waals surface area contributed by atoms with Crippen molar-refractivity contribution >= 4 is 26.7 Å². The zero-order valence-electron chi connectivity index (χ0n) is 15.7. The number of aromatic nitrogens is 1. The van der Waals surface area contributed by atoms with Crippen LogP contribution in [0.15, 0.2) is 60.4 Å². The van der Waals surface area contributed by atoms with Gasteiger partial charge in [0.25, 0.3) is 15.9 Å². The molecule has 28 heavy (non-hydrogen) atoms. The largest absolute Gasteiger partial charge is 0.373 e. The molecule has 2 aliphatic rings. The number of amides is 1. The second-order valence-electron chi connectivity index (χ2n) is 7.20. The Bertz CT molecular complexity index is 1010. The molecule has 146 valence electrons. The van der Waals surface area contributed by atoms with Crippen molar-refractivity contribution < 1.29 is 13.2 Å². The smallest absolute Gasteiger partial charge is 0.285 e. The molecule has 0 atom stereocenters. The summed E-state index contributed by atoms with van der Waals surface area (Å²) < 4.78 is 27.2. The second kappa shape index (κ2) is 6.94. The highest BCUT2D eigenvalue weighted by Gasteiger charge is 2.47. The van der Waals surface area contributed by atoms with Gasteiger partial charge in [-0.05, 0) is 31.5 Å². The van der Waals surface area contributed by atoms with Gasteiger partial charge >= 0.3 is 0 Å². The lowest BCUT2D eigenvalue weighted by molar-refractivity contribution is -0.123. The minimum atomic E-state index is -3.90. The van der Waals surface area contributed by atoms with Crippen LogP contribution in [-0.4, -0.2) is 48.8 Å². The molecule has 1 amide bonds. The Kier molecular flexibility index (Phi) is 4.58. The van der Waals surface area contributed by atoms with Crippen molar-refractivity contribution in [2.45, 2.75) is 25.9 Å². The molecule has 7 nitrogen and oxygen atoms in total. The summed E-state index contributed by atoms with van der Waals surface area (Å²) in [5, 5.41) is 3.19. The first-order chi connectivity index (χ1) is 13.4. The van der Waals surface area contributed by atoms with Crippen LogP contribution in [0, 0.1) is 0 Å². The molecule has 1 aromatic carbocycles. The molecular formula is C20H22N4O3S. The van der Waals surface area contributed by atoms with Gasteiger partial charge in [0.1, 0.15) is 16.4 Å². The highest BCUT2D eigenvalue weighted by molar-refractivity contribution is 7.99. The average Bonchev–Trinajstić information content (AvgIpc) is 2.84. The van der Waals surface area contributed by atoms with E-state index >= 15 is 0 Å². The predicted octanol–water partition coefficient (Wildman–Crippen LogP) is 1.81. The molecule has 4 rings (SSSR count). The maximum absolute atomic E-state index is 13.1. The van der Waals surface area contributed by atoms with Gasteiger partial charge in [-0.25, -0.2) is 17.7 Å². The molecular weight excluding hydrogens is 376 g/mol. The van der Waals surface area contributed by atoms with Gasteiger partial charge in [-0.2, -0.15) is 0 Å². The topological polar surface area (TPSA) is 82.6 Å². The van der Waals surface area contributed by atoms with Crippen molar-refractivity contribution in [2.24, 2.45) is 0 Å². The molecule has 1 saturated heterocycles. The zero-order valence-corrected chi connectivity index (χ0v) is 16.6. The highest BCUT2D eigenvalue weighted by atomic mass is 32.2. The normalized spacial score (nSPS) is 19.3. The molecule has 8 heteroatoms. The zero-order chi connectivity index (χ0) is 19.9. The van der Waals surface area contributed by atoms with Crippen molar-refractivity contribution in [1.29, 1.82) is 0 Å². The molecule has 0 unspecified atom stereocenters. The molecule has 0 radical (unpaired) electrons. The van der Waals surface area contributed by atoms with Crippen LogP contribution in [0.4, 0.5) is 5.82 Å². The quantitative estimate of drug-likeness (QED) is 0.827. The molecule has 1 N–H and O–H groups in total. The monoisotopic (exact) mass is 398 g/mol. The van der Waals surface area contributed by atoms with E-state index in [1.54, 1.807) is 44.3 Å². The number of nitrogens with zero attached hydrogens (tertiary/aromatic N) is 3. The van der Waals surface area contributed by atoms with Gasteiger partial charge in [0.15, 0.2) is 0 Å². The number of anilines is 1. The number of nitrogens with one attached hydrogen (secondary N) is 1. The first-order valence-corrected chi connectivity index (χ1v) is 10.6. The summed E-state index contributed by atoms with van der Waals surface area (Å²) in [6.07, 6.45) is 1.74. The number of hydrogen-bond acceptors (Lipinski definition) is 6. The number of sulfonamides is 1. The Morgan fingerprint density at radius 2 is 1.75 bits per heavy atom. The number of hydrogen-bond donors (Lipinski definition) is 1. The molecule has 1 aromatic heterocycles. The SMILES string of the molecule is CC(C)N1C(=O)C(NC2CN(c3ccccn3)C2)=C(c2ccccc2)S1(=O)=O. The summed E-state index contributed by atoms with van der Waals surface area (Å²) in [6, 6.07) is 14.0. The Morgan fingerprint density at radius 3 is 2.36 bits per heavy atom. The molecule has 2 aliphatic heterocycles. The summed E-state index contributed by atoms with van der Waals surface area (Å²) in [5.41, 5.74) is 0.674. The second-order valence-corrected chi connectivity index (χ2v) is 8.96. The summed E-state index contributed by atoms with van der Waals surface area (Å²) in [4.78, 5) is 19.4. The van der Waals surface area contributed by atoms with Gasteiger partial charge < -0.3 is 10.2 Å². The van der Waals surface area contributed by atoms with Crippen molar-refractivity contribution in [3.05, 3.63) is 66.0 Å². The molecule has 0 bridgehead atoms. The van der Waals surface area contributed by atoms with Crippen LogP contribution in [0.5, 0.6) is 0 Å². The number of pyridine rings is 1. The molecule has 0 saturated carbocycles. The minimum Gasteiger partial charge on any atom is -0.373 e. The van der Waals surface area contributed by atoms with Crippen LogP contribution in [0.2, 0.25) is 0 Å². The first kappa shape index (κ1) is 18.5. The van der Waals surface area contributed by atoms with E-state index in [9.17, 15) is 13.2 Å². The molecule has 3 heterocycles. The Labute approximate surface area is 164 Å². The maximum Gasteiger partial charge on any atom is 0.285 e. The third-order valence-electron chi connectivity index (χ3n) is 4.87. The Morgan fingerprint density at radius 1 is 1.07 bits per heavy atom. The van der Waals surface area contributed by atoms with Crippen LogP contribution in [0.1, 0.15) is 19.4 Å². The standard InChI is InChI=1S/C20H22N4O3S/c1-14(2)24-20(25)18(19(28(24,26)27)15-8-4-3-5-9-15)22-16-12-23(13-16)17-10-6-7-11-21-17/h3-11,14,16,22H,12-13H2,1-2H3. The van der Waals surface area contributed by atoms with E-state index in [0.717, 1.165) is 10.1 Å². The lowest BCUT2D eigenvalue weighted by Gasteiger charge is -2.41. The van der Waals surface area contributed by atoms with Gasteiger partial charge in [-0.1, -0.05) is 36.4 Å². The summed E-state index contributed by atoms with van der Waals surface area (Å²) in [7, 11) is -3.90. The van der Waals surface area contributed by atoms with E-state index in [-0.39, 0.29) is 16.6 Å². The van der Waals surface area contributed by atoms with Crippen LogP contribution in [0.25, 0.3) is 4.91 Å². The van der Waals surface area contributed by atoms with E-state index in [4.69, 9.17) is 0 Å². The van der Waals surface area contributed by atoms with Crippen molar-refractivity contribution in [3.63, 3.8) is 0 Å². The Hall–Kier alpha value is -2.87. The number of benzene rings is 1. The number of carbonyl (C=O) groups excluding carboxylic acids is 1. The third kappa shape index (κ3) is 3.03. The summed E-state index contributed by atoms with van der Waals surface area (Å²) in [5.74, 6) is 0.372. The lowest BCUT2D eigenvalue weighted by atomic mass is 10.1. The summed E-state index contributed by atoms with van der Waals surface area (Å²) in [6.45, 7) is 4.70. The average molecular weight is 398 g/mol.